The number of rotatable bonds is 5. The lowest BCUT2D eigenvalue weighted by Crippen LogP contribution is -2.19. The molecule has 0 spiro atoms. The Morgan fingerprint density at radius 1 is 0.973 bits per heavy atom. The first-order valence-corrected chi connectivity index (χ1v) is 11.2. The quantitative estimate of drug-likeness (QED) is 0.293. The smallest absolute Gasteiger partial charge is 0.406 e. The van der Waals surface area contributed by atoms with Crippen LogP contribution in [0.15, 0.2) is 76.2 Å². The summed E-state index contributed by atoms with van der Waals surface area (Å²) in [5.41, 5.74) is 4.95. The number of aromatic nitrogens is 3. The van der Waals surface area contributed by atoms with Crippen molar-refractivity contribution in [3.8, 4) is 28.2 Å². The normalized spacial score (nSPS) is 11.6. The summed E-state index contributed by atoms with van der Waals surface area (Å²) >= 11 is 0. The van der Waals surface area contributed by atoms with Gasteiger partial charge in [0.25, 0.3) is 5.56 Å². The average Bonchev–Trinajstić information content (AvgIpc) is 3.31. The fourth-order valence-electron chi connectivity index (χ4n) is 4.09. The summed E-state index contributed by atoms with van der Waals surface area (Å²) in [6.45, 7) is 3.81. The number of anilines is 2. The fourth-order valence-corrected chi connectivity index (χ4v) is 4.09. The Balaban J connectivity index is 1.42. The molecule has 0 aliphatic heterocycles. The molecule has 3 heterocycles. The molecule has 0 unspecified atom stereocenters. The highest BCUT2D eigenvalue weighted by atomic mass is 19.4. The van der Waals surface area contributed by atoms with Gasteiger partial charge < -0.3 is 19.1 Å². The summed E-state index contributed by atoms with van der Waals surface area (Å²) in [5, 5.41) is 8.01. The average molecular weight is 506 g/mol. The van der Waals surface area contributed by atoms with E-state index in [2.05, 4.69) is 20.2 Å². The lowest BCUT2D eigenvalue weighted by atomic mass is 9.99. The van der Waals surface area contributed by atoms with Gasteiger partial charge in [0, 0.05) is 47.2 Å². The maximum Gasteiger partial charge on any atom is 0.573 e. The van der Waals surface area contributed by atoms with E-state index in [1.165, 1.54) is 24.3 Å². The number of ether oxygens (including phenoxy) is 1. The van der Waals surface area contributed by atoms with Gasteiger partial charge in [0.15, 0.2) is 11.6 Å². The second-order valence-electron chi connectivity index (χ2n) is 8.61. The zero-order valence-electron chi connectivity index (χ0n) is 20.1. The Labute approximate surface area is 209 Å². The number of nitrogens with one attached hydrogen (secondary N) is 1. The van der Waals surface area contributed by atoms with Crippen LogP contribution >= 0.6 is 0 Å². The number of alkyl halides is 3. The monoisotopic (exact) mass is 506 g/mol. The van der Waals surface area contributed by atoms with Crippen molar-refractivity contribution in [3.63, 3.8) is 0 Å². The van der Waals surface area contributed by atoms with Crippen LogP contribution in [0, 0.1) is 13.8 Å². The van der Waals surface area contributed by atoms with Gasteiger partial charge in [-0.25, -0.2) is 0 Å². The van der Waals surface area contributed by atoms with Gasteiger partial charge in [-0.05, 0) is 73.5 Å². The number of hydrogen-bond acceptors (Lipinski definition) is 6. The minimum Gasteiger partial charge on any atom is -0.406 e. The second-order valence-corrected chi connectivity index (χ2v) is 8.61. The first-order chi connectivity index (χ1) is 17.6. The van der Waals surface area contributed by atoms with E-state index in [9.17, 15) is 18.0 Å². The molecule has 10 heteroatoms. The Morgan fingerprint density at radius 2 is 1.73 bits per heavy atom. The Hall–Kier alpha value is -4.60. The van der Waals surface area contributed by atoms with E-state index < -0.39 is 6.36 Å². The van der Waals surface area contributed by atoms with Crippen molar-refractivity contribution in [2.45, 2.75) is 20.2 Å². The summed E-state index contributed by atoms with van der Waals surface area (Å²) in [6.07, 6.45) is -3.01. The number of halogens is 3. The highest BCUT2D eigenvalue weighted by molar-refractivity contribution is 5.85. The van der Waals surface area contributed by atoms with E-state index in [1.54, 1.807) is 23.9 Å². The first kappa shape index (κ1) is 24.1. The molecule has 0 atom stereocenters. The van der Waals surface area contributed by atoms with Crippen molar-refractivity contribution in [2.24, 2.45) is 7.05 Å². The number of fused-ring (bicyclic) bond motifs is 1. The number of benzene rings is 2. The van der Waals surface area contributed by atoms with Crippen LogP contribution in [0.5, 0.6) is 5.75 Å². The lowest BCUT2D eigenvalue weighted by molar-refractivity contribution is -0.274. The van der Waals surface area contributed by atoms with Crippen LogP contribution in [0.1, 0.15) is 11.3 Å². The highest BCUT2D eigenvalue weighted by Gasteiger charge is 2.31. The molecule has 37 heavy (non-hydrogen) atoms. The van der Waals surface area contributed by atoms with Crippen LogP contribution in [0.3, 0.4) is 0 Å². The maximum atomic E-state index is 13.2. The molecule has 0 fully saturated rings. The topological polar surface area (TPSA) is 82.2 Å². The molecule has 3 aromatic heterocycles. The van der Waals surface area contributed by atoms with Crippen LogP contribution in [-0.2, 0) is 7.05 Å². The molecule has 0 saturated carbocycles. The number of aryl methyl sites for hydroxylation is 3. The highest BCUT2D eigenvalue weighted by Crippen LogP contribution is 2.31. The zero-order chi connectivity index (χ0) is 26.3. The number of pyridine rings is 2. The number of hydrogen-bond donors (Lipinski definition) is 1. The fraction of sp³-hybridized carbons (Fsp3) is 0.148. The molecule has 5 rings (SSSR count). The SMILES string of the molecule is Cc1cc2c(cn1)cc(-c1cc(Nc3cc(-c4ccc(OC(F)(F)F)cc4)on3)ccc1C)c(=O)n2C. The summed E-state index contributed by atoms with van der Waals surface area (Å²) in [6, 6.07) is 16.3. The van der Waals surface area contributed by atoms with E-state index in [1.807, 2.05) is 44.2 Å². The van der Waals surface area contributed by atoms with Crippen LogP contribution < -0.4 is 15.6 Å². The lowest BCUT2D eigenvalue weighted by Gasteiger charge is -2.13. The van der Waals surface area contributed by atoms with Crippen molar-refractivity contribution in [1.82, 2.24) is 14.7 Å². The molecule has 2 aromatic carbocycles. The van der Waals surface area contributed by atoms with E-state index in [-0.39, 0.29) is 11.3 Å². The van der Waals surface area contributed by atoms with Gasteiger partial charge in [0.05, 0.1) is 5.52 Å². The van der Waals surface area contributed by atoms with Gasteiger partial charge in [0.1, 0.15) is 5.75 Å². The van der Waals surface area contributed by atoms with Crippen LogP contribution in [0.25, 0.3) is 33.4 Å². The van der Waals surface area contributed by atoms with Gasteiger partial charge in [0.2, 0.25) is 0 Å². The van der Waals surface area contributed by atoms with Crippen molar-refractivity contribution >= 4 is 22.4 Å². The molecular weight excluding hydrogens is 485 g/mol. The molecular formula is C27H21F3N4O3. The third-order valence-corrected chi connectivity index (χ3v) is 5.93. The predicted octanol–water partition coefficient (Wildman–Crippen LogP) is 6.51. The summed E-state index contributed by atoms with van der Waals surface area (Å²) < 4.78 is 48.0. The molecule has 0 aliphatic rings. The molecule has 7 nitrogen and oxygen atoms in total. The van der Waals surface area contributed by atoms with Crippen molar-refractivity contribution < 1.29 is 22.4 Å². The first-order valence-electron chi connectivity index (χ1n) is 11.2. The molecule has 0 amide bonds. The Kier molecular flexibility index (Phi) is 5.94. The largest absolute Gasteiger partial charge is 0.573 e. The van der Waals surface area contributed by atoms with Crippen LogP contribution in [0.4, 0.5) is 24.7 Å². The summed E-state index contributed by atoms with van der Waals surface area (Å²) in [4.78, 5) is 17.6. The zero-order valence-corrected chi connectivity index (χ0v) is 20.1. The maximum absolute atomic E-state index is 13.2. The van der Waals surface area contributed by atoms with E-state index >= 15 is 0 Å². The molecule has 1 N–H and O–H groups in total. The van der Waals surface area contributed by atoms with Gasteiger partial charge in [-0.15, -0.1) is 13.2 Å². The van der Waals surface area contributed by atoms with Crippen molar-refractivity contribution in [1.29, 1.82) is 0 Å². The summed E-state index contributed by atoms with van der Waals surface area (Å²) in [5.74, 6) is 0.429. The van der Waals surface area contributed by atoms with Crippen LogP contribution in [0.2, 0.25) is 0 Å². The van der Waals surface area contributed by atoms with Gasteiger partial charge in [-0.2, -0.15) is 0 Å². The number of nitrogens with zero attached hydrogens (tertiary/aromatic N) is 3. The minimum atomic E-state index is -4.76. The minimum absolute atomic E-state index is 0.125. The standard InChI is InChI=1S/C27H21F3N4O3/c1-15-4-7-19(12-21(15)22-11-18-14-31-16(2)10-23(18)34(3)26(22)35)32-25-13-24(37-33-25)17-5-8-20(9-6-17)36-27(28,29)30/h4-14H,1-3H3,(H,32,33). The third-order valence-electron chi connectivity index (χ3n) is 5.93. The Morgan fingerprint density at radius 3 is 2.46 bits per heavy atom. The van der Waals surface area contributed by atoms with Gasteiger partial charge >= 0.3 is 6.36 Å². The van der Waals surface area contributed by atoms with E-state index in [0.29, 0.717) is 28.4 Å². The van der Waals surface area contributed by atoms with E-state index in [0.717, 1.165) is 27.7 Å². The second kappa shape index (κ2) is 9.12. The Bertz CT molecular complexity index is 1670. The van der Waals surface area contributed by atoms with Crippen molar-refractivity contribution in [2.75, 3.05) is 5.32 Å². The molecule has 188 valence electrons. The summed E-state index contributed by atoms with van der Waals surface area (Å²) in [7, 11) is 1.74. The van der Waals surface area contributed by atoms with E-state index in [4.69, 9.17) is 4.52 Å². The molecule has 0 bridgehead atoms. The molecule has 0 aliphatic carbocycles. The van der Waals surface area contributed by atoms with Gasteiger partial charge in [-0.3, -0.25) is 9.78 Å². The van der Waals surface area contributed by atoms with Gasteiger partial charge in [-0.1, -0.05) is 11.2 Å². The molecule has 0 radical (unpaired) electrons. The molecule has 5 aromatic rings. The molecule has 0 saturated heterocycles. The predicted molar refractivity (Wildman–Crippen MR) is 134 cm³/mol. The van der Waals surface area contributed by atoms with Crippen LogP contribution in [-0.4, -0.2) is 21.1 Å². The third kappa shape index (κ3) is 5.04. The van der Waals surface area contributed by atoms with Crippen molar-refractivity contribution in [3.05, 3.63) is 88.5 Å².